The van der Waals surface area contributed by atoms with Gasteiger partial charge in [-0.25, -0.2) is 4.98 Å². The van der Waals surface area contributed by atoms with Gasteiger partial charge in [-0.3, -0.25) is 9.36 Å². The van der Waals surface area contributed by atoms with Gasteiger partial charge in [-0.15, -0.1) is 0 Å². The molecule has 1 amide bonds. The van der Waals surface area contributed by atoms with E-state index in [1.54, 1.807) is 18.2 Å². The molecule has 0 saturated heterocycles. The zero-order chi connectivity index (χ0) is 20.9. The predicted octanol–water partition coefficient (Wildman–Crippen LogP) is 6.23. The van der Waals surface area contributed by atoms with Crippen LogP contribution in [0.15, 0.2) is 90.2 Å². The van der Waals surface area contributed by atoms with Crippen molar-refractivity contribution in [3.8, 4) is 16.9 Å². The average molecular weight is 434 g/mol. The third-order valence-corrected chi connectivity index (χ3v) is 5.72. The number of para-hydroxylation sites is 1. The highest BCUT2D eigenvalue weighted by molar-refractivity contribution is 7.99. The zero-order valence-corrected chi connectivity index (χ0v) is 18.0. The number of aryl methyl sites for hydroxylation is 1. The Morgan fingerprint density at radius 3 is 2.53 bits per heavy atom. The number of aromatic nitrogens is 2. The molecule has 0 atom stereocenters. The first-order valence-corrected chi connectivity index (χ1v) is 10.8. The number of hydrogen-bond acceptors (Lipinski definition) is 3. The third kappa shape index (κ3) is 4.75. The Bertz CT molecular complexity index is 1160. The first kappa shape index (κ1) is 20.3. The van der Waals surface area contributed by atoms with Gasteiger partial charge in [0.05, 0.1) is 17.6 Å². The molecule has 30 heavy (non-hydrogen) atoms. The fraction of sp³-hybridized carbons (Fsp3) is 0.0833. The smallest absolute Gasteiger partial charge is 0.234 e. The van der Waals surface area contributed by atoms with Crippen molar-refractivity contribution >= 4 is 35.0 Å². The summed E-state index contributed by atoms with van der Waals surface area (Å²) >= 11 is 7.39. The van der Waals surface area contributed by atoms with Crippen molar-refractivity contribution in [1.29, 1.82) is 0 Å². The topological polar surface area (TPSA) is 46.9 Å². The molecule has 4 aromatic rings. The zero-order valence-electron chi connectivity index (χ0n) is 16.4. The lowest BCUT2D eigenvalue weighted by Gasteiger charge is -2.12. The van der Waals surface area contributed by atoms with Gasteiger partial charge in [0.2, 0.25) is 5.91 Å². The molecule has 0 saturated carbocycles. The Morgan fingerprint density at radius 1 is 1.03 bits per heavy atom. The third-order valence-electron chi connectivity index (χ3n) is 4.53. The van der Waals surface area contributed by atoms with E-state index in [-0.39, 0.29) is 11.7 Å². The van der Waals surface area contributed by atoms with Gasteiger partial charge < -0.3 is 5.32 Å². The van der Waals surface area contributed by atoms with Crippen molar-refractivity contribution < 1.29 is 4.79 Å². The molecule has 0 aliphatic heterocycles. The van der Waals surface area contributed by atoms with Gasteiger partial charge in [0.15, 0.2) is 5.16 Å². The summed E-state index contributed by atoms with van der Waals surface area (Å²) in [5, 5.41) is 4.22. The van der Waals surface area contributed by atoms with E-state index in [0.717, 1.165) is 22.1 Å². The molecule has 4 nitrogen and oxygen atoms in total. The minimum Gasteiger partial charge on any atom is -0.325 e. The number of carbonyl (C=O) groups is 1. The first-order chi connectivity index (χ1) is 14.6. The molecule has 150 valence electrons. The van der Waals surface area contributed by atoms with Gasteiger partial charge in [-0.1, -0.05) is 77.5 Å². The van der Waals surface area contributed by atoms with Crippen LogP contribution in [0, 0.1) is 6.92 Å². The van der Waals surface area contributed by atoms with Crippen LogP contribution in [0.3, 0.4) is 0 Å². The fourth-order valence-electron chi connectivity index (χ4n) is 3.08. The number of nitrogens with one attached hydrogen (secondary N) is 1. The van der Waals surface area contributed by atoms with Crippen molar-refractivity contribution in [2.45, 2.75) is 12.1 Å². The first-order valence-electron chi connectivity index (χ1n) is 9.48. The lowest BCUT2D eigenvalue weighted by Crippen LogP contribution is -2.14. The minimum atomic E-state index is -0.109. The number of imidazole rings is 1. The van der Waals surface area contributed by atoms with Crippen LogP contribution in [-0.2, 0) is 4.79 Å². The van der Waals surface area contributed by atoms with Crippen LogP contribution in [0.25, 0.3) is 16.9 Å². The summed E-state index contributed by atoms with van der Waals surface area (Å²) < 4.78 is 2.09. The molecule has 6 heteroatoms. The maximum Gasteiger partial charge on any atom is 0.234 e. The van der Waals surface area contributed by atoms with Crippen LogP contribution in [0.1, 0.15) is 5.56 Å². The number of halogens is 1. The number of amides is 1. The van der Waals surface area contributed by atoms with Gasteiger partial charge in [-0.2, -0.15) is 0 Å². The Labute approximate surface area is 184 Å². The van der Waals surface area contributed by atoms with Crippen molar-refractivity contribution in [2.24, 2.45) is 0 Å². The summed E-state index contributed by atoms with van der Waals surface area (Å²) in [5.41, 5.74) is 4.95. The summed E-state index contributed by atoms with van der Waals surface area (Å²) in [6.45, 7) is 2.07. The summed E-state index contributed by atoms with van der Waals surface area (Å²) in [6, 6.07) is 25.5. The highest BCUT2D eigenvalue weighted by Crippen LogP contribution is 2.30. The number of benzene rings is 3. The summed E-state index contributed by atoms with van der Waals surface area (Å²) in [7, 11) is 0. The fourth-order valence-corrected chi connectivity index (χ4v) is 4.07. The summed E-state index contributed by atoms with van der Waals surface area (Å²) in [5.74, 6) is 0.130. The second-order valence-corrected chi connectivity index (χ2v) is 8.19. The lowest BCUT2D eigenvalue weighted by atomic mass is 10.1. The van der Waals surface area contributed by atoms with Crippen molar-refractivity contribution in [3.63, 3.8) is 0 Å². The van der Waals surface area contributed by atoms with E-state index in [9.17, 15) is 4.79 Å². The van der Waals surface area contributed by atoms with Gasteiger partial charge >= 0.3 is 0 Å². The predicted molar refractivity (Wildman–Crippen MR) is 125 cm³/mol. The number of anilines is 1. The van der Waals surface area contributed by atoms with Gasteiger partial charge in [0, 0.05) is 22.0 Å². The van der Waals surface area contributed by atoms with Crippen LogP contribution in [0.2, 0.25) is 5.02 Å². The molecule has 1 N–H and O–H groups in total. The standard InChI is InChI=1S/C24H20ClN3OS/c1-17-10-12-18(13-11-17)22-15-26-24(28(22)21-8-3-2-4-9-21)30-16-23(29)27-20-7-5-6-19(25)14-20/h2-15H,16H2,1H3,(H,27,29). The van der Waals surface area contributed by atoms with Gasteiger partial charge in [0.1, 0.15) is 0 Å². The van der Waals surface area contributed by atoms with Crippen LogP contribution in [0.5, 0.6) is 0 Å². The molecule has 0 radical (unpaired) electrons. The second kappa shape index (κ2) is 9.20. The maximum absolute atomic E-state index is 12.4. The Morgan fingerprint density at radius 2 is 1.80 bits per heavy atom. The highest BCUT2D eigenvalue weighted by atomic mass is 35.5. The van der Waals surface area contributed by atoms with E-state index in [0.29, 0.717) is 10.7 Å². The van der Waals surface area contributed by atoms with Crippen LogP contribution in [0.4, 0.5) is 5.69 Å². The number of nitrogens with zero attached hydrogens (tertiary/aromatic N) is 2. The van der Waals surface area contributed by atoms with Gasteiger partial charge in [-0.05, 0) is 37.3 Å². The normalized spacial score (nSPS) is 10.7. The van der Waals surface area contributed by atoms with Crippen molar-refractivity contribution in [3.05, 3.63) is 95.6 Å². The SMILES string of the molecule is Cc1ccc(-c2cnc(SCC(=O)Nc3cccc(Cl)c3)n2-c2ccccc2)cc1. The van der Waals surface area contributed by atoms with Crippen molar-refractivity contribution in [2.75, 3.05) is 11.1 Å². The number of rotatable bonds is 6. The average Bonchev–Trinajstić information content (AvgIpc) is 3.17. The largest absolute Gasteiger partial charge is 0.325 e. The van der Waals surface area contributed by atoms with E-state index in [1.807, 2.05) is 42.6 Å². The molecule has 0 spiro atoms. The lowest BCUT2D eigenvalue weighted by molar-refractivity contribution is -0.113. The van der Waals surface area contributed by atoms with E-state index >= 15 is 0 Å². The molecule has 0 aliphatic carbocycles. The molecular weight excluding hydrogens is 414 g/mol. The molecule has 0 unspecified atom stereocenters. The summed E-state index contributed by atoms with van der Waals surface area (Å²) in [6.07, 6.45) is 1.86. The number of thioether (sulfide) groups is 1. The Hall–Kier alpha value is -3.02. The Balaban J connectivity index is 1.58. The van der Waals surface area contributed by atoms with E-state index in [2.05, 4.69) is 46.1 Å². The van der Waals surface area contributed by atoms with Crippen LogP contribution >= 0.6 is 23.4 Å². The van der Waals surface area contributed by atoms with E-state index < -0.39 is 0 Å². The van der Waals surface area contributed by atoms with Crippen LogP contribution in [-0.4, -0.2) is 21.2 Å². The highest BCUT2D eigenvalue weighted by Gasteiger charge is 2.15. The quantitative estimate of drug-likeness (QED) is 0.366. The molecule has 3 aromatic carbocycles. The molecule has 1 heterocycles. The number of carbonyl (C=O) groups excluding carboxylic acids is 1. The maximum atomic E-state index is 12.4. The second-order valence-electron chi connectivity index (χ2n) is 6.81. The monoisotopic (exact) mass is 433 g/mol. The number of hydrogen-bond donors (Lipinski definition) is 1. The molecule has 4 rings (SSSR count). The molecular formula is C24H20ClN3OS. The van der Waals surface area contributed by atoms with E-state index in [4.69, 9.17) is 11.6 Å². The van der Waals surface area contributed by atoms with Gasteiger partial charge in [0.25, 0.3) is 0 Å². The van der Waals surface area contributed by atoms with E-state index in [1.165, 1.54) is 17.3 Å². The molecule has 0 aliphatic rings. The molecule has 0 bridgehead atoms. The summed E-state index contributed by atoms with van der Waals surface area (Å²) in [4.78, 5) is 17.1. The van der Waals surface area contributed by atoms with Crippen molar-refractivity contribution in [1.82, 2.24) is 9.55 Å². The molecule has 0 fully saturated rings. The molecule has 1 aromatic heterocycles. The van der Waals surface area contributed by atoms with Crippen LogP contribution < -0.4 is 5.32 Å². The minimum absolute atomic E-state index is 0.109. The Kier molecular flexibility index (Phi) is 6.21.